The van der Waals surface area contributed by atoms with Crippen LogP contribution in [0.15, 0.2) is 24.4 Å². The molecule has 0 N–H and O–H groups in total. The fraction of sp³-hybridized carbons (Fsp3) is 0.385. The third-order valence-electron chi connectivity index (χ3n) is 2.12. The van der Waals surface area contributed by atoms with Crippen LogP contribution in [-0.4, -0.2) is 24.2 Å². The molecule has 0 atom stereocenters. The summed E-state index contributed by atoms with van der Waals surface area (Å²) in [5.74, 6) is -0.612. The van der Waals surface area contributed by atoms with E-state index in [4.69, 9.17) is 4.74 Å². The molecule has 0 fully saturated rings. The molecule has 1 heterocycles. The van der Waals surface area contributed by atoms with Gasteiger partial charge in [0, 0.05) is 18.3 Å². The van der Waals surface area contributed by atoms with Crippen LogP contribution in [0.25, 0.3) is 6.08 Å². The van der Waals surface area contributed by atoms with Crippen molar-refractivity contribution in [2.75, 3.05) is 6.61 Å². The average molecular weight is 271 g/mol. The molecule has 0 radical (unpaired) electrons. The number of hydrogen-bond acceptors (Lipinski definition) is 4. The molecule has 4 nitrogen and oxygen atoms in total. The first kappa shape index (κ1) is 15.1. The van der Waals surface area contributed by atoms with Crippen LogP contribution in [0.1, 0.15) is 25.3 Å². The number of rotatable bonds is 7. The van der Waals surface area contributed by atoms with Crippen LogP contribution in [0.2, 0.25) is 0 Å². The van der Waals surface area contributed by atoms with Crippen molar-refractivity contribution in [2.45, 2.75) is 26.4 Å². The molecule has 0 spiro atoms. The van der Waals surface area contributed by atoms with Gasteiger partial charge in [-0.2, -0.15) is 8.78 Å². The summed E-state index contributed by atoms with van der Waals surface area (Å²) in [5.41, 5.74) is 0.592. The maximum Gasteiger partial charge on any atom is 0.388 e. The third kappa shape index (κ3) is 6.49. The first-order chi connectivity index (χ1) is 9.11. The SMILES string of the molecule is CCCCOC(=O)/C=C/c1ccc(OC(F)F)nc1. The number of hydrogen-bond donors (Lipinski definition) is 0. The van der Waals surface area contributed by atoms with Gasteiger partial charge < -0.3 is 9.47 Å². The Balaban J connectivity index is 2.46. The van der Waals surface area contributed by atoms with E-state index in [2.05, 4.69) is 9.72 Å². The quantitative estimate of drug-likeness (QED) is 0.434. The Hall–Kier alpha value is -1.98. The summed E-state index contributed by atoms with van der Waals surface area (Å²) in [4.78, 5) is 14.9. The van der Waals surface area contributed by atoms with Gasteiger partial charge in [-0.3, -0.25) is 0 Å². The standard InChI is InChI=1S/C13H15F2NO3/c1-2-3-8-18-12(17)7-5-10-4-6-11(16-9-10)19-13(14)15/h4-7,9,13H,2-3,8H2,1H3/b7-5+. The van der Waals surface area contributed by atoms with E-state index in [1.807, 2.05) is 6.92 Å². The van der Waals surface area contributed by atoms with Crippen LogP contribution in [0.5, 0.6) is 5.88 Å². The van der Waals surface area contributed by atoms with Gasteiger partial charge in [0.15, 0.2) is 0 Å². The van der Waals surface area contributed by atoms with Crippen molar-refractivity contribution in [1.29, 1.82) is 0 Å². The number of unbranched alkanes of at least 4 members (excludes halogenated alkanes) is 1. The summed E-state index contributed by atoms with van der Waals surface area (Å²) in [6.45, 7) is -0.514. The number of carbonyl (C=O) groups is 1. The predicted octanol–water partition coefficient (Wildman–Crippen LogP) is 3.04. The Kier molecular flexibility index (Phi) is 6.49. The minimum atomic E-state index is -2.90. The van der Waals surface area contributed by atoms with Crippen LogP contribution in [0.3, 0.4) is 0 Å². The minimum Gasteiger partial charge on any atom is -0.463 e. The topological polar surface area (TPSA) is 48.4 Å². The molecule has 1 aromatic rings. The van der Waals surface area contributed by atoms with Crippen molar-refractivity contribution in [3.63, 3.8) is 0 Å². The van der Waals surface area contributed by atoms with Crippen molar-refractivity contribution in [1.82, 2.24) is 4.98 Å². The van der Waals surface area contributed by atoms with E-state index in [0.717, 1.165) is 12.8 Å². The molecule has 0 saturated carbocycles. The second kappa shape index (κ2) is 8.18. The number of nitrogens with zero attached hydrogens (tertiary/aromatic N) is 1. The van der Waals surface area contributed by atoms with E-state index in [1.54, 1.807) is 0 Å². The largest absolute Gasteiger partial charge is 0.463 e. The molecular formula is C13H15F2NO3. The highest BCUT2D eigenvalue weighted by atomic mass is 19.3. The smallest absolute Gasteiger partial charge is 0.388 e. The van der Waals surface area contributed by atoms with Crippen LogP contribution in [0.4, 0.5) is 8.78 Å². The summed E-state index contributed by atoms with van der Waals surface area (Å²) in [6, 6.07) is 2.81. The highest BCUT2D eigenvalue weighted by molar-refractivity contribution is 5.86. The summed E-state index contributed by atoms with van der Waals surface area (Å²) < 4.78 is 32.8. The predicted molar refractivity (Wildman–Crippen MR) is 65.8 cm³/mol. The second-order valence-corrected chi connectivity index (χ2v) is 3.66. The minimum absolute atomic E-state index is 0.169. The number of halogens is 2. The van der Waals surface area contributed by atoms with Gasteiger partial charge in [-0.15, -0.1) is 0 Å². The zero-order valence-electron chi connectivity index (χ0n) is 10.5. The van der Waals surface area contributed by atoms with Gasteiger partial charge in [-0.25, -0.2) is 9.78 Å². The number of esters is 1. The lowest BCUT2D eigenvalue weighted by Crippen LogP contribution is -2.03. The molecule has 19 heavy (non-hydrogen) atoms. The lowest BCUT2D eigenvalue weighted by Gasteiger charge is -2.02. The third-order valence-corrected chi connectivity index (χ3v) is 2.12. The summed E-state index contributed by atoms with van der Waals surface area (Å²) in [6.07, 6.45) is 5.86. The number of ether oxygens (including phenoxy) is 2. The normalized spacial score (nSPS) is 10.9. The van der Waals surface area contributed by atoms with Gasteiger partial charge in [0.05, 0.1) is 6.61 Å². The monoisotopic (exact) mass is 271 g/mol. The Morgan fingerprint density at radius 2 is 2.26 bits per heavy atom. The molecule has 0 aliphatic heterocycles. The Bertz CT molecular complexity index is 418. The lowest BCUT2D eigenvalue weighted by molar-refractivity contribution is -0.137. The highest BCUT2D eigenvalue weighted by Gasteiger charge is 2.04. The second-order valence-electron chi connectivity index (χ2n) is 3.66. The van der Waals surface area contributed by atoms with Gasteiger partial charge in [0.1, 0.15) is 0 Å². The summed E-state index contributed by atoms with van der Waals surface area (Å²) in [5, 5.41) is 0. The number of alkyl halides is 2. The number of pyridine rings is 1. The number of aromatic nitrogens is 1. The Morgan fingerprint density at radius 1 is 1.47 bits per heavy atom. The maximum absolute atomic E-state index is 11.9. The summed E-state index contributed by atoms with van der Waals surface area (Å²) in [7, 11) is 0. The van der Waals surface area contributed by atoms with E-state index in [-0.39, 0.29) is 5.88 Å². The van der Waals surface area contributed by atoms with Crippen molar-refractivity contribution in [3.05, 3.63) is 30.0 Å². The lowest BCUT2D eigenvalue weighted by atomic mass is 10.2. The van der Waals surface area contributed by atoms with Crippen LogP contribution in [0, 0.1) is 0 Å². The van der Waals surface area contributed by atoms with Gasteiger partial charge in [0.2, 0.25) is 5.88 Å². The molecule has 0 aromatic carbocycles. The van der Waals surface area contributed by atoms with E-state index in [0.29, 0.717) is 12.2 Å². The Morgan fingerprint density at radius 3 is 2.84 bits per heavy atom. The Labute approximate surface area is 110 Å². The fourth-order valence-electron chi connectivity index (χ4n) is 1.18. The average Bonchev–Trinajstić information content (AvgIpc) is 2.37. The van der Waals surface area contributed by atoms with Gasteiger partial charge in [-0.05, 0) is 24.1 Å². The molecule has 0 amide bonds. The molecule has 0 bridgehead atoms. The van der Waals surface area contributed by atoms with Crippen molar-refractivity contribution >= 4 is 12.0 Å². The molecule has 0 unspecified atom stereocenters. The van der Waals surface area contributed by atoms with E-state index < -0.39 is 12.6 Å². The molecule has 1 rings (SSSR count). The highest BCUT2D eigenvalue weighted by Crippen LogP contribution is 2.11. The van der Waals surface area contributed by atoms with Gasteiger partial charge in [0.25, 0.3) is 0 Å². The zero-order valence-corrected chi connectivity index (χ0v) is 10.5. The zero-order chi connectivity index (χ0) is 14.1. The fourth-order valence-corrected chi connectivity index (χ4v) is 1.18. The molecule has 0 saturated heterocycles. The van der Waals surface area contributed by atoms with Crippen molar-refractivity contribution < 1.29 is 23.0 Å². The molecule has 104 valence electrons. The molecule has 0 aliphatic rings. The first-order valence-electron chi connectivity index (χ1n) is 5.87. The maximum atomic E-state index is 11.9. The van der Waals surface area contributed by atoms with Crippen LogP contribution >= 0.6 is 0 Å². The molecule has 6 heteroatoms. The van der Waals surface area contributed by atoms with Crippen molar-refractivity contribution in [3.8, 4) is 5.88 Å². The van der Waals surface area contributed by atoms with Crippen LogP contribution in [-0.2, 0) is 9.53 Å². The van der Waals surface area contributed by atoms with Crippen molar-refractivity contribution in [2.24, 2.45) is 0 Å². The van der Waals surface area contributed by atoms with Gasteiger partial charge in [-0.1, -0.05) is 13.3 Å². The van der Waals surface area contributed by atoms with Gasteiger partial charge >= 0.3 is 12.6 Å². The molecule has 1 aromatic heterocycles. The number of carbonyl (C=O) groups excluding carboxylic acids is 1. The molecule has 0 aliphatic carbocycles. The van der Waals surface area contributed by atoms with E-state index >= 15 is 0 Å². The molecular weight excluding hydrogens is 256 g/mol. The van der Waals surface area contributed by atoms with Crippen LogP contribution < -0.4 is 4.74 Å². The van der Waals surface area contributed by atoms with E-state index in [1.165, 1.54) is 30.5 Å². The van der Waals surface area contributed by atoms with E-state index in [9.17, 15) is 13.6 Å². The first-order valence-corrected chi connectivity index (χ1v) is 5.87. The summed E-state index contributed by atoms with van der Waals surface area (Å²) >= 11 is 0.